The molecule has 0 fully saturated rings. The van der Waals surface area contributed by atoms with Crippen LogP contribution < -0.4 is 0 Å². The van der Waals surface area contributed by atoms with Crippen molar-refractivity contribution in [3.63, 3.8) is 0 Å². The molecule has 0 unspecified atom stereocenters. The van der Waals surface area contributed by atoms with Gasteiger partial charge in [-0.3, -0.25) is 0 Å². The molecule has 0 aliphatic carbocycles. The van der Waals surface area contributed by atoms with E-state index in [0.29, 0.717) is 12.7 Å². The molecule has 0 radical (unpaired) electrons. The van der Waals surface area contributed by atoms with Crippen LogP contribution in [0.3, 0.4) is 0 Å². The van der Waals surface area contributed by atoms with Gasteiger partial charge in [0.25, 0.3) is 10.1 Å². The SMILES string of the molecule is C=C.CCCCc1ccc(-c2ccccc2)cc1.Cc1ccc(S(=O)(=O)OOS(C)(=O)=O)cc1.[3H]C([3H])([3H])CCc1ccc(-c2ccccc2)cc1. The lowest BCUT2D eigenvalue weighted by molar-refractivity contribution is -0.0841. The minimum Gasteiger partial charge on any atom is -0.197 e. The quantitative estimate of drug-likeness (QED) is 0.0772. The highest BCUT2D eigenvalue weighted by Crippen LogP contribution is 2.21. The maximum absolute atomic E-state index is 11.4. The average molecular weight is 707 g/mol. The van der Waals surface area contributed by atoms with Crippen LogP contribution in [-0.4, -0.2) is 23.1 Å². The molecular formula is C41H48O6S2. The van der Waals surface area contributed by atoms with Gasteiger partial charge >= 0.3 is 10.1 Å². The highest BCUT2D eigenvalue weighted by atomic mass is 32.2. The highest BCUT2D eigenvalue weighted by Gasteiger charge is 2.19. The molecule has 0 aliphatic heterocycles. The van der Waals surface area contributed by atoms with Gasteiger partial charge in [0.2, 0.25) is 0 Å². The van der Waals surface area contributed by atoms with Crippen molar-refractivity contribution in [3.05, 3.63) is 163 Å². The van der Waals surface area contributed by atoms with Gasteiger partial charge in [0.1, 0.15) is 0 Å². The Hall–Kier alpha value is -4.34. The molecule has 5 aromatic rings. The van der Waals surface area contributed by atoms with Crippen LogP contribution in [0.4, 0.5) is 0 Å². The van der Waals surface area contributed by atoms with E-state index in [1.54, 1.807) is 19.1 Å². The van der Waals surface area contributed by atoms with Crippen LogP contribution in [0, 0.1) is 6.92 Å². The van der Waals surface area contributed by atoms with Crippen molar-refractivity contribution < 1.29 is 29.6 Å². The first kappa shape index (κ1) is 36.0. The van der Waals surface area contributed by atoms with Crippen molar-refractivity contribution >= 4 is 20.2 Å². The van der Waals surface area contributed by atoms with E-state index in [-0.39, 0.29) is 11.3 Å². The minimum absolute atomic E-state index is 0.179. The molecule has 5 rings (SSSR count). The summed E-state index contributed by atoms with van der Waals surface area (Å²) in [7, 11) is -8.19. The molecule has 0 spiro atoms. The van der Waals surface area contributed by atoms with Crippen LogP contribution in [0.5, 0.6) is 0 Å². The van der Waals surface area contributed by atoms with Crippen LogP contribution in [0.15, 0.2) is 152 Å². The van der Waals surface area contributed by atoms with Crippen LogP contribution in [0.1, 0.15) is 53.8 Å². The Morgan fingerprint density at radius 1 is 0.571 bits per heavy atom. The predicted molar refractivity (Wildman–Crippen MR) is 203 cm³/mol. The topological polar surface area (TPSA) is 86.7 Å². The van der Waals surface area contributed by atoms with E-state index in [1.165, 1.54) is 53.6 Å². The monoisotopic (exact) mass is 706 g/mol. The normalized spacial score (nSPS) is 11.9. The number of hydrogen-bond donors (Lipinski definition) is 0. The molecule has 0 saturated carbocycles. The molecule has 0 amide bonds. The number of unbranched alkanes of at least 4 members (excludes halogenated alkanes) is 1. The molecule has 0 N–H and O–H groups in total. The molecule has 0 atom stereocenters. The number of rotatable bonds is 11. The average Bonchev–Trinajstić information content (AvgIpc) is 3.14. The maximum atomic E-state index is 11.4. The fraction of sp³-hybridized carbons (Fsp3) is 0.220. The van der Waals surface area contributed by atoms with Gasteiger partial charge in [0, 0.05) is 4.11 Å². The summed E-state index contributed by atoms with van der Waals surface area (Å²) < 4.78 is 73.1. The van der Waals surface area contributed by atoms with Crippen LogP contribution in [0.2, 0.25) is 0 Å². The molecular weight excluding hydrogens is 653 g/mol. The molecule has 0 aliphatic rings. The Morgan fingerprint density at radius 3 is 1.41 bits per heavy atom. The number of aryl methyl sites for hydroxylation is 3. The van der Waals surface area contributed by atoms with Crippen molar-refractivity contribution in [2.75, 3.05) is 6.26 Å². The van der Waals surface area contributed by atoms with Gasteiger partial charge in [0.15, 0.2) is 0 Å². The molecule has 5 aromatic carbocycles. The lowest BCUT2D eigenvalue weighted by atomic mass is 10.0. The van der Waals surface area contributed by atoms with E-state index in [0.717, 1.165) is 16.7 Å². The lowest BCUT2D eigenvalue weighted by Gasteiger charge is -2.03. The summed E-state index contributed by atoms with van der Waals surface area (Å²) in [6, 6.07) is 43.4. The summed E-state index contributed by atoms with van der Waals surface area (Å²) in [6.07, 6.45) is 5.26. The molecule has 6 nitrogen and oxygen atoms in total. The van der Waals surface area contributed by atoms with E-state index in [2.05, 4.69) is 95.5 Å². The summed E-state index contributed by atoms with van der Waals surface area (Å²) in [5, 5.41) is 0. The van der Waals surface area contributed by atoms with Gasteiger partial charge in [-0.15, -0.1) is 13.2 Å². The molecule has 0 saturated heterocycles. The third kappa shape index (κ3) is 15.6. The standard InChI is InChI=1S/C16H18.C15H16.C8H10O6S2.C2H4/c1-2-3-7-14-10-12-16(13-11-14)15-8-5-4-6-9-15;1-2-6-13-9-11-15(12-10-13)14-7-4-3-5-8-14;1-7-3-5-8(6-4-7)16(11,12)14-13-15(2,9)10;1-2/h4-6,8-13H,2-3,7H2,1H3;3-5,7-12H,2,6H2,1H3;3-6H,1-2H3;1-2H2/i;1T3;;. The van der Waals surface area contributed by atoms with E-state index >= 15 is 0 Å². The minimum atomic E-state index is -4.21. The van der Waals surface area contributed by atoms with Crippen LogP contribution >= 0.6 is 0 Å². The first-order chi connectivity index (χ1) is 24.6. The van der Waals surface area contributed by atoms with E-state index in [4.69, 9.17) is 4.11 Å². The Balaban J connectivity index is 0.000000264. The van der Waals surface area contributed by atoms with Gasteiger partial charge in [-0.1, -0.05) is 162 Å². The van der Waals surface area contributed by atoms with Gasteiger partial charge < -0.3 is 0 Å². The van der Waals surface area contributed by atoms with E-state index in [9.17, 15) is 16.8 Å². The second kappa shape index (κ2) is 21.6. The zero-order valence-corrected chi connectivity index (χ0v) is 30.1. The maximum Gasteiger partial charge on any atom is 0.324 e. The second-order valence-corrected chi connectivity index (χ2v) is 13.9. The largest absolute Gasteiger partial charge is 0.324 e. The zero-order chi connectivity index (χ0) is 38.6. The Labute approximate surface area is 298 Å². The summed E-state index contributed by atoms with van der Waals surface area (Å²) in [5.41, 5.74) is 8.33. The molecule has 49 heavy (non-hydrogen) atoms. The smallest absolute Gasteiger partial charge is 0.197 e. The zero-order valence-electron chi connectivity index (χ0n) is 31.4. The second-order valence-electron chi connectivity index (χ2n) is 10.8. The Morgan fingerprint density at radius 2 is 1.00 bits per heavy atom. The summed E-state index contributed by atoms with van der Waals surface area (Å²) in [6.45, 7) is 8.18. The van der Waals surface area contributed by atoms with Gasteiger partial charge in [0.05, 0.1) is 11.2 Å². The van der Waals surface area contributed by atoms with Crippen molar-refractivity contribution in [2.45, 2.75) is 57.7 Å². The molecule has 0 heterocycles. The third-order valence-corrected chi connectivity index (χ3v) is 8.40. The molecule has 8 heteroatoms. The van der Waals surface area contributed by atoms with Crippen LogP contribution in [-0.2, 0) is 41.7 Å². The van der Waals surface area contributed by atoms with Crippen molar-refractivity contribution in [1.82, 2.24) is 0 Å². The fourth-order valence-corrected chi connectivity index (χ4v) is 5.59. The van der Waals surface area contributed by atoms with Crippen molar-refractivity contribution in [3.8, 4) is 22.3 Å². The summed E-state index contributed by atoms with van der Waals surface area (Å²) in [5.74, 6) is 0. The first-order valence-electron chi connectivity index (χ1n) is 17.3. The summed E-state index contributed by atoms with van der Waals surface area (Å²) >= 11 is 0. The van der Waals surface area contributed by atoms with Gasteiger partial charge in [-0.2, -0.15) is 16.8 Å². The van der Waals surface area contributed by atoms with Crippen molar-refractivity contribution in [1.29, 1.82) is 0 Å². The van der Waals surface area contributed by atoms with Crippen LogP contribution in [0.25, 0.3) is 22.3 Å². The first-order valence-corrected chi connectivity index (χ1v) is 19.1. The number of benzene rings is 5. The van der Waals surface area contributed by atoms with E-state index < -0.39 is 27.1 Å². The van der Waals surface area contributed by atoms with E-state index in [1.807, 2.05) is 42.5 Å². The lowest BCUT2D eigenvalue weighted by Crippen LogP contribution is -2.11. The number of hydrogen-bond acceptors (Lipinski definition) is 6. The van der Waals surface area contributed by atoms with Gasteiger partial charge in [-0.25, -0.2) is 0 Å². The fourth-order valence-electron chi connectivity index (χ4n) is 4.35. The highest BCUT2D eigenvalue weighted by molar-refractivity contribution is 7.88. The summed E-state index contributed by atoms with van der Waals surface area (Å²) in [4.78, 5) is -0.179. The third-order valence-electron chi connectivity index (χ3n) is 6.91. The molecule has 0 bridgehead atoms. The molecule has 0 aromatic heterocycles. The Bertz CT molecular complexity index is 1950. The van der Waals surface area contributed by atoms with Crippen molar-refractivity contribution in [2.24, 2.45) is 0 Å². The van der Waals surface area contributed by atoms with Gasteiger partial charge in [-0.05, 0) is 71.7 Å². The predicted octanol–water partition coefficient (Wildman–Crippen LogP) is 10.4. The molecule has 260 valence electrons. The Kier molecular flexibility index (Phi) is 15.8.